The maximum atomic E-state index is 12.0. The fourth-order valence-corrected chi connectivity index (χ4v) is 1.95. The minimum absolute atomic E-state index is 0.590. The van der Waals surface area contributed by atoms with Gasteiger partial charge in [-0.2, -0.15) is 13.2 Å². The molecule has 0 saturated carbocycles. The Hall–Kier alpha value is -1.44. The average molecular weight is 355 g/mol. The molecule has 0 aromatic heterocycles. The molecule has 1 atom stereocenters. The van der Waals surface area contributed by atoms with E-state index in [1.165, 1.54) is 14.0 Å². The number of ether oxygens (including phenoxy) is 1. The van der Waals surface area contributed by atoms with Crippen molar-refractivity contribution in [2.24, 2.45) is 0 Å². The molecule has 1 unspecified atom stereocenters. The lowest BCUT2D eigenvalue weighted by Crippen LogP contribution is -2.42. The molecular formula is C12H14BrF3N2O2. The van der Waals surface area contributed by atoms with E-state index in [1.807, 2.05) is 5.32 Å². The van der Waals surface area contributed by atoms with Crippen molar-refractivity contribution < 1.29 is 22.7 Å². The van der Waals surface area contributed by atoms with Gasteiger partial charge in [0.2, 0.25) is 5.91 Å². The summed E-state index contributed by atoms with van der Waals surface area (Å²) in [5.41, 5.74) is 0.590. The summed E-state index contributed by atoms with van der Waals surface area (Å²) < 4.78 is 41.7. The summed E-state index contributed by atoms with van der Waals surface area (Å²) in [4.78, 5) is 11.5. The summed E-state index contributed by atoms with van der Waals surface area (Å²) in [7, 11) is 1.51. The minimum Gasteiger partial charge on any atom is -0.496 e. The second-order valence-electron chi connectivity index (χ2n) is 4.05. The molecule has 1 aromatic carbocycles. The Morgan fingerprint density at radius 2 is 2.10 bits per heavy atom. The molecule has 0 aliphatic carbocycles. The zero-order valence-electron chi connectivity index (χ0n) is 10.8. The van der Waals surface area contributed by atoms with Gasteiger partial charge in [-0.1, -0.05) is 0 Å². The van der Waals surface area contributed by atoms with Crippen LogP contribution in [0.1, 0.15) is 6.92 Å². The molecule has 4 nitrogen and oxygen atoms in total. The van der Waals surface area contributed by atoms with Crippen molar-refractivity contribution in [3.8, 4) is 5.75 Å². The topological polar surface area (TPSA) is 50.4 Å². The van der Waals surface area contributed by atoms with Gasteiger partial charge in [-0.05, 0) is 41.1 Å². The molecule has 0 heterocycles. The Labute approximate surface area is 122 Å². The van der Waals surface area contributed by atoms with Crippen molar-refractivity contribution in [2.45, 2.75) is 19.1 Å². The minimum atomic E-state index is -4.42. The molecule has 0 spiro atoms. The van der Waals surface area contributed by atoms with E-state index >= 15 is 0 Å². The Bertz CT molecular complexity index is 480. The highest BCUT2D eigenvalue weighted by Crippen LogP contribution is 2.27. The van der Waals surface area contributed by atoms with Crippen LogP contribution in [-0.2, 0) is 4.79 Å². The second kappa shape index (κ2) is 6.83. The SMILES string of the molecule is COc1ccc(NC(C)C(=O)NCC(F)(F)F)cc1Br. The largest absolute Gasteiger partial charge is 0.496 e. The predicted molar refractivity (Wildman–Crippen MR) is 72.8 cm³/mol. The van der Waals surface area contributed by atoms with Crippen LogP contribution >= 0.6 is 15.9 Å². The van der Waals surface area contributed by atoms with Gasteiger partial charge in [0.05, 0.1) is 11.6 Å². The Morgan fingerprint density at radius 1 is 1.45 bits per heavy atom. The van der Waals surface area contributed by atoms with Gasteiger partial charge in [0.25, 0.3) is 0 Å². The van der Waals surface area contributed by atoms with Crippen LogP contribution < -0.4 is 15.4 Å². The van der Waals surface area contributed by atoms with Crippen LogP contribution in [0.15, 0.2) is 22.7 Å². The van der Waals surface area contributed by atoms with Gasteiger partial charge in [-0.15, -0.1) is 0 Å². The number of methoxy groups -OCH3 is 1. The van der Waals surface area contributed by atoms with Crippen LogP contribution in [0.5, 0.6) is 5.75 Å². The Kier molecular flexibility index (Phi) is 5.67. The third-order valence-electron chi connectivity index (χ3n) is 2.39. The van der Waals surface area contributed by atoms with E-state index in [0.717, 1.165) is 0 Å². The lowest BCUT2D eigenvalue weighted by atomic mass is 10.2. The smallest absolute Gasteiger partial charge is 0.405 e. The number of amides is 1. The van der Waals surface area contributed by atoms with Crippen LogP contribution in [0, 0.1) is 0 Å². The van der Waals surface area contributed by atoms with Gasteiger partial charge in [0.15, 0.2) is 0 Å². The molecule has 0 aliphatic heterocycles. The third kappa shape index (κ3) is 5.28. The van der Waals surface area contributed by atoms with Gasteiger partial charge in [0.1, 0.15) is 18.3 Å². The lowest BCUT2D eigenvalue weighted by molar-refractivity contribution is -0.138. The number of hydrogen-bond donors (Lipinski definition) is 2. The van der Waals surface area contributed by atoms with Crippen molar-refractivity contribution in [3.05, 3.63) is 22.7 Å². The average Bonchev–Trinajstić information content (AvgIpc) is 2.35. The normalized spacial score (nSPS) is 12.7. The number of carbonyl (C=O) groups excluding carboxylic acids is 1. The molecule has 1 rings (SSSR count). The van der Waals surface area contributed by atoms with Crippen molar-refractivity contribution >= 4 is 27.5 Å². The van der Waals surface area contributed by atoms with Crippen LogP contribution in [-0.4, -0.2) is 31.8 Å². The number of alkyl halides is 3. The molecule has 2 N–H and O–H groups in total. The fraction of sp³-hybridized carbons (Fsp3) is 0.417. The molecule has 20 heavy (non-hydrogen) atoms. The molecule has 0 aliphatic rings. The number of hydrogen-bond acceptors (Lipinski definition) is 3. The number of rotatable bonds is 5. The van der Waals surface area contributed by atoms with E-state index in [1.54, 1.807) is 18.2 Å². The fourth-order valence-electron chi connectivity index (χ4n) is 1.41. The first-order valence-corrected chi connectivity index (χ1v) is 6.47. The molecule has 0 radical (unpaired) electrons. The second-order valence-corrected chi connectivity index (χ2v) is 4.90. The van der Waals surface area contributed by atoms with Gasteiger partial charge in [0, 0.05) is 5.69 Å². The van der Waals surface area contributed by atoms with Gasteiger partial charge < -0.3 is 15.4 Å². The summed E-state index contributed by atoms with van der Waals surface area (Å²) in [5, 5.41) is 4.62. The molecule has 0 bridgehead atoms. The highest BCUT2D eigenvalue weighted by molar-refractivity contribution is 9.10. The van der Waals surface area contributed by atoms with Crippen molar-refractivity contribution in [1.82, 2.24) is 5.32 Å². The lowest BCUT2D eigenvalue weighted by Gasteiger charge is -2.16. The van der Waals surface area contributed by atoms with Gasteiger partial charge in [-0.25, -0.2) is 0 Å². The number of anilines is 1. The Balaban J connectivity index is 2.59. The summed E-state index contributed by atoms with van der Waals surface area (Å²) in [6.07, 6.45) is -4.42. The van der Waals surface area contributed by atoms with E-state index < -0.39 is 24.7 Å². The van der Waals surface area contributed by atoms with Crippen molar-refractivity contribution in [2.75, 3.05) is 19.0 Å². The summed E-state index contributed by atoms with van der Waals surface area (Å²) >= 11 is 3.28. The Morgan fingerprint density at radius 3 is 2.60 bits per heavy atom. The summed E-state index contributed by atoms with van der Waals surface area (Å²) in [6, 6.07) is 4.22. The van der Waals surface area contributed by atoms with Crippen molar-refractivity contribution in [3.63, 3.8) is 0 Å². The first kappa shape index (κ1) is 16.6. The van der Waals surface area contributed by atoms with Crippen LogP contribution in [0.4, 0.5) is 18.9 Å². The summed E-state index contributed by atoms with van der Waals surface area (Å²) in [6.45, 7) is 0.133. The number of benzene rings is 1. The standard InChI is InChI=1S/C12H14BrF3N2O2/c1-7(11(19)17-6-12(14,15)16)18-8-3-4-10(20-2)9(13)5-8/h3-5,7,18H,6H2,1-2H3,(H,17,19). The van der Waals surface area contributed by atoms with Crippen LogP contribution in [0.2, 0.25) is 0 Å². The molecular weight excluding hydrogens is 341 g/mol. The maximum absolute atomic E-state index is 12.0. The highest BCUT2D eigenvalue weighted by Gasteiger charge is 2.28. The quantitative estimate of drug-likeness (QED) is 0.854. The van der Waals surface area contributed by atoms with Crippen LogP contribution in [0.25, 0.3) is 0 Å². The molecule has 1 aromatic rings. The van der Waals surface area contributed by atoms with E-state index in [9.17, 15) is 18.0 Å². The van der Waals surface area contributed by atoms with E-state index in [-0.39, 0.29) is 0 Å². The number of carbonyl (C=O) groups is 1. The van der Waals surface area contributed by atoms with E-state index in [4.69, 9.17) is 4.74 Å². The summed E-state index contributed by atoms with van der Waals surface area (Å²) in [5.74, 6) is -0.112. The van der Waals surface area contributed by atoms with E-state index in [0.29, 0.717) is 15.9 Å². The molecule has 1 amide bonds. The zero-order valence-corrected chi connectivity index (χ0v) is 12.4. The number of nitrogens with one attached hydrogen (secondary N) is 2. The monoisotopic (exact) mass is 354 g/mol. The predicted octanol–water partition coefficient (Wildman–Crippen LogP) is 2.94. The molecule has 0 fully saturated rings. The first-order valence-electron chi connectivity index (χ1n) is 5.67. The first-order chi connectivity index (χ1) is 9.23. The highest BCUT2D eigenvalue weighted by atomic mass is 79.9. The van der Waals surface area contributed by atoms with E-state index in [2.05, 4.69) is 21.2 Å². The number of halogens is 4. The molecule has 112 valence electrons. The zero-order chi connectivity index (χ0) is 15.3. The maximum Gasteiger partial charge on any atom is 0.405 e. The molecule has 0 saturated heterocycles. The van der Waals surface area contributed by atoms with Gasteiger partial charge >= 0.3 is 6.18 Å². The third-order valence-corrected chi connectivity index (χ3v) is 3.01. The molecule has 8 heteroatoms. The van der Waals surface area contributed by atoms with Crippen LogP contribution in [0.3, 0.4) is 0 Å². The van der Waals surface area contributed by atoms with Gasteiger partial charge in [-0.3, -0.25) is 4.79 Å². The van der Waals surface area contributed by atoms with Crippen molar-refractivity contribution in [1.29, 1.82) is 0 Å².